The summed E-state index contributed by atoms with van der Waals surface area (Å²) in [6.45, 7) is 1.65. The van der Waals surface area contributed by atoms with Crippen LogP contribution in [0.15, 0.2) is 121 Å². The van der Waals surface area contributed by atoms with Gasteiger partial charge >= 0.3 is 0 Å². The lowest BCUT2D eigenvalue weighted by Crippen LogP contribution is -2.61. The molecule has 6 heteroatoms. The summed E-state index contributed by atoms with van der Waals surface area (Å²) < 4.78 is 31.4. The van der Waals surface area contributed by atoms with E-state index in [1.807, 2.05) is 121 Å². The van der Waals surface area contributed by atoms with Crippen LogP contribution in [0, 0.1) is 0 Å². The first-order valence-electron chi connectivity index (χ1n) is 13.7. The molecule has 0 radical (unpaired) electrons. The van der Waals surface area contributed by atoms with Crippen LogP contribution in [-0.4, -0.2) is 42.4 Å². The van der Waals surface area contributed by atoms with Gasteiger partial charge in [0, 0.05) is 0 Å². The van der Waals surface area contributed by atoms with Gasteiger partial charge < -0.3 is 28.8 Å². The van der Waals surface area contributed by atoms with Crippen LogP contribution in [-0.2, 0) is 50.1 Å². The monoisotopic (exact) mass is 540 g/mol. The molecule has 5 atom stereocenters. The Kier molecular flexibility index (Phi) is 10.5. The van der Waals surface area contributed by atoms with Crippen molar-refractivity contribution < 1.29 is 28.8 Å². The van der Waals surface area contributed by atoms with E-state index in [0.717, 1.165) is 22.3 Å². The summed E-state index contributed by atoms with van der Waals surface area (Å²) in [5, 5.41) is 11.2. The molecule has 40 heavy (non-hydrogen) atoms. The maximum atomic E-state index is 11.2. The molecule has 1 unspecified atom stereocenters. The third kappa shape index (κ3) is 8.08. The molecule has 1 N–H and O–H groups in total. The minimum atomic E-state index is -1.22. The Morgan fingerprint density at radius 2 is 0.850 bits per heavy atom. The van der Waals surface area contributed by atoms with E-state index in [0.29, 0.717) is 26.4 Å². The van der Waals surface area contributed by atoms with Crippen LogP contribution >= 0.6 is 0 Å². The highest BCUT2D eigenvalue weighted by atomic mass is 16.7. The number of rotatable bonds is 13. The van der Waals surface area contributed by atoms with Crippen molar-refractivity contribution in [2.75, 3.05) is 6.61 Å². The molecule has 1 aliphatic rings. The Hall–Kier alpha value is -3.36. The van der Waals surface area contributed by atoms with Crippen LogP contribution in [0.1, 0.15) is 22.3 Å². The third-order valence-electron chi connectivity index (χ3n) is 6.86. The molecule has 0 aliphatic carbocycles. The normalized spacial score (nSPS) is 22.7. The van der Waals surface area contributed by atoms with Crippen LogP contribution in [0.2, 0.25) is 0 Å². The number of ether oxygens (including phenoxy) is 5. The van der Waals surface area contributed by atoms with Gasteiger partial charge in [0.15, 0.2) is 6.29 Å². The van der Waals surface area contributed by atoms with E-state index in [1.165, 1.54) is 0 Å². The number of hydrogen-bond acceptors (Lipinski definition) is 6. The predicted molar refractivity (Wildman–Crippen MR) is 152 cm³/mol. The fraction of sp³-hybridized carbons (Fsp3) is 0.294. The lowest BCUT2D eigenvalue weighted by Gasteiger charge is -2.44. The minimum Gasteiger partial charge on any atom is -0.374 e. The fourth-order valence-corrected chi connectivity index (χ4v) is 4.77. The summed E-state index contributed by atoms with van der Waals surface area (Å²) >= 11 is 0. The molecule has 4 aromatic rings. The van der Waals surface area contributed by atoms with E-state index in [4.69, 9.17) is 23.7 Å². The second-order valence-electron chi connectivity index (χ2n) is 9.85. The second-order valence-corrected chi connectivity index (χ2v) is 9.85. The lowest BCUT2D eigenvalue weighted by atomic mass is 9.98. The summed E-state index contributed by atoms with van der Waals surface area (Å²) in [5.74, 6) is 0. The average Bonchev–Trinajstić information content (AvgIpc) is 3.01. The molecule has 1 heterocycles. The van der Waals surface area contributed by atoms with Crippen LogP contribution in [0.5, 0.6) is 0 Å². The van der Waals surface area contributed by atoms with Crippen molar-refractivity contribution in [2.24, 2.45) is 0 Å². The Labute approximate surface area is 236 Å². The first-order chi connectivity index (χ1) is 19.8. The Morgan fingerprint density at radius 1 is 0.475 bits per heavy atom. The van der Waals surface area contributed by atoms with Crippen LogP contribution in [0.3, 0.4) is 0 Å². The average molecular weight is 541 g/mol. The maximum Gasteiger partial charge on any atom is 0.184 e. The summed E-state index contributed by atoms with van der Waals surface area (Å²) in [7, 11) is 0. The molecule has 6 nitrogen and oxygen atoms in total. The van der Waals surface area contributed by atoms with Gasteiger partial charge in [-0.25, -0.2) is 0 Å². The minimum absolute atomic E-state index is 0.224. The largest absolute Gasteiger partial charge is 0.374 e. The molecule has 0 spiro atoms. The summed E-state index contributed by atoms with van der Waals surface area (Å²) in [6.07, 6.45) is -3.72. The van der Waals surface area contributed by atoms with Crippen LogP contribution < -0.4 is 0 Å². The van der Waals surface area contributed by atoms with Crippen molar-refractivity contribution in [3.63, 3.8) is 0 Å². The number of aliphatic hydroxyl groups excluding tert-OH is 1. The van der Waals surface area contributed by atoms with E-state index < -0.39 is 30.7 Å². The van der Waals surface area contributed by atoms with Gasteiger partial charge in [0.05, 0.1) is 33.0 Å². The van der Waals surface area contributed by atoms with Gasteiger partial charge in [0.25, 0.3) is 0 Å². The molecule has 0 saturated carbocycles. The molecule has 0 amide bonds. The van der Waals surface area contributed by atoms with Crippen molar-refractivity contribution in [1.29, 1.82) is 0 Å². The smallest absolute Gasteiger partial charge is 0.184 e. The zero-order chi connectivity index (χ0) is 27.4. The summed E-state index contributed by atoms with van der Waals surface area (Å²) in [6, 6.07) is 39.7. The molecule has 0 aromatic heterocycles. The molecule has 208 valence electrons. The Morgan fingerprint density at radius 3 is 1.30 bits per heavy atom. The molecular formula is C34H36O6. The molecule has 5 rings (SSSR count). The number of hydrogen-bond donors (Lipinski definition) is 1. The number of benzene rings is 4. The zero-order valence-electron chi connectivity index (χ0n) is 22.5. The van der Waals surface area contributed by atoms with Gasteiger partial charge in [-0.15, -0.1) is 0 Å². The van der Waals surface area contributed by atoms with E-state index in [-0.39, 0.29) is 6.61 Å². The lowest BCUT2D eigenvalue weighted by molar-refractivity contribution is -0.317. The maximum absolute atomic E-state index is 11.2. The Bertz CT molecular complexity index is 1240. The van der Waals surface area contributed by atoms with Gasteiger partial charge in [0.1, 0.15) is 24.4 Å². The predicted octanol–water partition coefficient (Wildman–Crippen LogP) is 5.68. The van der Waals surface area contributed by atoms with Gasteiger partial charge in [-0.1, -0.05) is 121 Å². The number of aliphatic hydroxyl groups is 1. The van der Waals surface area contributed by atoms with Gasteiger partial charge in [-0.3, -0.25) is 0 Å². The van der Waals surface area contributed by atoms with Crippen molar-refractivity contribution in [1.82, 2.24) is 0 Å². The second kappa shape index (κ2) is 14.9. The highest BCUT2D eigenvalue weighted by Crippen LogP contribution is 2.30. The van der Waals surface area contributed by atoms with Gasteiger partial charge in [-0.05, 0) is 22.3 Å². The highest BCUT2D eigenvalue weighted by Gasteiger charge is 2.48. The van der Waals surface area contributed by atoms with E-state index in [2.05, 4.69) is 0 Å². The van der Waals surface area contributed by atoms with Gasteiger partial charge in [0.2, 0.25) is 0 Å². The zero-order valence-corrected chi connectivity index (χ0v) is 22.5. The van der Waals surface area contributed by atoms with E-state index in [9.17, 15) is 5.11 Å². The van der Waals surface area contributed by atoms with Crippen molar-refractivity contribution in [2.45, 2.75) is 57.1 Å². The van der Waals surface area contributed by atoms with Crippen molar-refractivity contribution in [3.8, 4) is 0 Å². The molecule has 1 aliphatic heterocycles. The van der Waals surface area contributed by atoms with Crippen LogP contribution in [0.25, 0.3) is 0 Å². The summed E-state index contributed by atoms with van der Waals surface area (Å²) in [4.78, 5) is 0. The van der Waals surface area contributed by atoms with Gasteiger partial charge in [-0.2, -0.15) is 0 Å². The quantitative estimate of drug-likeness (QED) is 0.236. The third-order valence-corrected chi connectivity index (χ3v) is 6.86. The standard InChI is InChI=1S/C34H36O6/c35-34-33(39-24-29-19-11-4-12-20-29)32(38-23-28-17-9-3-10-18-28)31(37-22-27-15-7-2-8-16-27)30(40-34)25-36-21-26-13-5-1-6-14-26/h1-20,30-35H,21-25H2/t30?,31-,32+,33+,34+/m1/s1. The SMILES string of the molecule is O[C@H]1OC(COCc2ccccc2)[C@@H](OCc2ccccc2)[C@H](OCc2ccccc2)[C@@H]1OCc1ccccc1. The van der Waals surface area contributed by atoms with Crippen molar-refractivity contribution >= 4 is 0 Å². The molecule has 4 aromatic carbocycles. The summed E-state index contributed by atoms with van der Waals surface area (Å²) in [5.41, 5.74) is 4.10. The molecule has 0 bridgehead atoms. The van der Waals surface area contributed by atoms with E-state index >= 15 is 0 Å². The first kappa shape index (κ1) is 28.2. The Balaban J connectivity index is 1.36. The fourth-order valence-electron chi connectivity index (χ4n) is 4.77. The molecule has 1 fully saturated rings. The van der Waals surface area contributed by atoms with Crippen molar-refractivity contribution in [3.05, 3.63) is 144 Å². The highest BCUT2D eigenvalue weighted by molar-refractivity contribution is 5.16. The molecule has 1 saturated heterocycles. The molecular weight excluding hydrogens is 504 g/mol. The van der Waals surface area contributed by atoms with Crippen LogP contribution in [0.4, 0.5) is 0 Å². The first-order valence-corrected chi connectivity index (χ1v) is 13.7. The topological polar surface area (TPSA) is 66.4 Å². The van der Waals surface area contributed by atoms with E-state index in [1.54, 1.807) is 0 Å².